The fourth-order valence-corrected chi connectivity index (χ4v) is 4.57. The Kier molecular flexibility index (Phi) is 4.47. The number of thioether (sulfide) groups is 1. The first-order chi connectivity index (χ1) is 13.3. The van der Waals surface area contributed by atoms with Crippen molar-refractivity contribution in [2.24, 2.45) is 0 Å². The van der Waals surface area contributed by atoms with Crippen LogP contribution in [0, 0.1) is 0 Å². The van der Waals surface area contributed by atoms with Crippen LogP contribution in [0.5, 0.6) is 0 Å². The third-order valence-corrected chi connectivity index (χ3v) is 6.35. The molecule has 3 aromatic heterocycles. The average Bonchev–Trinajstić information content (AvgIpc) is 3.10. The van der Waals surface area contributed by atoms with Gasteiger partial charge in [-0.15, -0.1) is 21.5 Å². The van der Waals surface area contributed by atoms with Crippen LogP contribution in [0.1, 0.15) is 24.8 Å². The lowest BCUT2D eigenvalue weighted by Crippen LogP contribution is -1.99. The van der Waals surface area contributed by atoms with Gasteiger partial charge in [-0.25, -0.2) is 0 Å². The molecule has 0 radical (unpaired) electrons. The van der Waals surface area contributed by atoms with E-state index in [0.717, 1.165) is 21.4 Å². The van der Waals surface area contributed by atoms with Crippen molar-refractivity contribution in [1.82, 2.24) is 24.9 Å². The lowest BCUT2D eigenvalue weighted by Gasteiger charge is -2.06. The first kappa shape index (κ1) is 17.0. The summed E-state index contributed by atoms with van der Waals surface area (Å²) in [4.78, 5) is 5.60. The van der Waals surface area contributed by atoms with Crippen LogP contribution in [0.4, 0.5) is 0 Å². The monoisotopic (exact) mass is 415 g/mol. The summed E-state index contributed by atoms with van der Waals surface area (Å²) in [5.41, 5.74) is 0.764. The van der Waals surface area contributed by atoms with Gasteiger partial charge in [-0.2, -0.15) is 4.98 Å². The SMILES string of the molecule is Clc1ccccc1-c1noc(CSc2nnc(-c3cccs3)n2C2CC2)n1. The van der Waals surface area contributed by atoms with Gasteiger partial charge in [0.25, 0.3) is 0 Å². The normalized spacial score (nSPS) is 14.0. The van der Waals surface area contributed by atoms with Gasteiger partial charge < -0.3 is 4.52 Å². The minimum atomic E-state index is 0.487. The second kappa shape index (κ2) is 7.10. The van der Waals surface area contributed by atoms with E-state index in [-0.39, 0.29) is 0 Å². The molecule has 0 unspecified atom stereocenters. The van der Waals surface area contributed by atoms with Crippen LogP contribution in [0.3, 0.4) is 0 Å². The maximum absolute atomic E-state index is 6.21. The fourth-order valence-electron chi connectivity index (χ4n) is 2.80. The third-order valence-electron chi connectivity index (χ3n) is 4.23. The van der Waals surface area contributed by atoms with Crippen molar-refractivity contribution >= 4 is 34.7 Å². The Bertz CT molecular complexity index is 1070. The maximum Gasteiger partial charge on any atom is 0.237 e. The highest BCUT2D eigenvalue weighted by atomic mass is 35.5. The number of benzene rings is 1. The van der Waals surface area contributed by atoms with Crippen molar-refractivity contribution in [3.8, 4) is 22.1 Å². The Morgan fingerprint density at radius 2 is 2.07 bits per heavy atom. The Labute approximate surface area is 168 Å². The van der Waals surface area contributed by atoms with Gasteiger partial charge in [0, 0.05) is 11.6 Å². The molecule has 136 valence electrons. The minimum absolute atomic E-state index is 0.487. The zero-order chi connectivity index (χ0) is 18.2. The predicted octanol–water partition coefficient (Wildman–Crippen LogP) is 5.34. The molecule has 0 bridgehead atoms. The molecule has 6 nitrogen and oxygen atoms in total. The van der Waals surface area contributed by atoms with Gasteiger partial charge in [-0.05, 0) is 36.4 Å². The van der Waals surface area contributed by atoms with E-state index < -0.39 is 0 Å². The molecule has 1 aliphatic rings. The number of halogens is 1. The standard InChI is InChI=1S/C18H14ClN5OS2/c19-13-5-2-1-4-12(13)16-20-15(25-23-16)10-27-18-22-21-17(14-6-3-9-26-14)24(18)11-7-8-11/h1-6,9,11H,7-8,10H2. The first-order valence-electron chi connectivity index (χ1n) is 8.48. The van der Waals surface area contributed by atoms with E-state index in [4.69, 9.17) is 16.1 Å². The van der Waals surface area contributed by atoms with E-state index in [1.165, 1.54) is 12.8 Å². The van der Waals surface area contributed by atoms with Gasteiger partial charge >= 0.3 is 0 Å². The minimum Gasteiger partial charge on any atom is -0.338 e. The van der Waals surface area contributed by atoms with Gasteiger partial charge in [0.2, 0.25) is 11.7 Å². The molecule has 27 heavy (non-hydrogen) atoms. The van der Waals surface area contributed by atoms with Crippen LogP contribution in [-0.4, -0.2) is 24.9 Å². The van der Waals surface area contributed by atoms with Crippen LogP contribution in [0.25, 0.3) is 22.1 Å². The van der Waals surface area contributed by atoms with E-state index in [1.54, 1.807) is 23.1 Å². The van der Waals surface area contributed by atoms with Gasteiger partial charge in [0.1, 0.15) is 0 Å². The molecule has 1 aliphatic carbocycles. The van der Waals surface area contributed by atoms with Gasteiger partial charge in [0.15, 0.2) is 11.0 Å². The molecular formula is C18H14ClN5OS2. The Hall–Kier alpha value is -2.16. The topological polar surface area (TPSA) is 69.6 Å². The number of rotatable bonds is 6. The van der Waals surface area contributed by atoms with Crippen LogP contribution < -0.4 is 0 Å². The molecule has 1 saturated carbocycles. The van der Waals surface area contributed by atoms with Crippen molar-refractivity contribution in [1.29, 1.82) is 0 Å². The number of hydrogen-bond donors (Lipinski definition) is 0. The van der Waals surface area contributed by atoms with Crippen molar-refractivity contribution in [2.75, 3.05) is 0 Å². The van der Waals surface area contributed by atoms with E-state index in [0.29, 0.717) is 28.5 Å². The molecule has 0 saturated heterocycles. The smallest absolute Gasteiger partial charge is 0.237 e. The molecule has 0 amide bonds. The van der Waals surface area contributed by atoms with E-state index in [2.05, 4.69) is 36.4 Å². The highest BCUT2D eigenvalue weighted by Gasteiger charge is 2.30. The quantitative estimate of drug-likeness (QED) is 0.396. The molecule has 0 spiro atoms. The van der Waals surface area contributed by atoms with Gasteiger partial charge in [-0.3, -0.25) is 4.57 Å². The molecule has 0 atom stereocenters. The second-order valence-corrected chi connectivity index (χ2v) is 8.46. The van der Waals surface area contributed by atoms with Crippen molar-refractivity contribution in [3.05, 3.63) is 52.7 Å². The second-order valence-electron chi connectivity index (χ2n) is 6.16. The Morgan fingerprint density at radius 1 is 1.19 bits per heavy atom. The van der Waals surface area contributed by atoms with Crippen molar-refractivity contribution in [2.45, 2.75) is 29.8 Å². The maximum atomic E-state index is 6.21. The summed E-state index contributed by atoms with van der Waals surface area (Å²) >= 11 is 9.45. The van der Waals surface area contributed by atoms with Gasteiger partial charge in [-0.1, -0.05) is 46.7 Å². The summed E-state index contributed by atoms with van der Waals surface area (Å²) < 4.78 is 7.63. The van der Waals surface area contributed by atoms with Crippen LogP contribution in [0.2, 0.25) is 5.02 Å². The van der Waals surface area contributed by atoms with E-state index >= 15 is 0 Å². The van der Waals surface area contributed by atoms with Crippen LogP contribution >= 0.6 is 34.7 Å². The van der Waals surface area contributed by atoms with Crippen LogP contribution in [0.15, 0.2) is 51.5 Å². The fraction of sp³-hybridized carbons (Fsp3) is 0.222. The summed E-state index contributed by atoms with van der Waals surface area (Å²) in [7, 11) is 0. The van der Waals surface area contributed by atoms with Gasteiger partial charge in [0.05, 0.1) is 15.7 Å². The summed E-state index contributed by atoms with van der Waals surface area (Å²) in [6.07, 6.45) is 2.34. The number of thiophene rings is 1. The van der Waals surface area contributed by atoms with E-state index in [9.17, 15) is 0 Å². The summed E-state index contributed by atoms with van der Waals surface area (Å²) in [6.45, 7) is 0. The number of aromatic nitrogens is 5. The molecule has 1 fully saturated rings. The molecular weight excluding hydrogens is 402 g/mol. The summed E-state index contributed by atoms with van der Waals surface area (Å²) in [6, 6.07) is 12.1. The number of hydrogen-bond acceptors (Lipinski definition) is 7. The third kappa shape index (κ3) is 3.40. The molecule has 4 aromatic rings. The molecule has 9 heteroatoms. The molecule has 5 rings (SSSR count). The zero-order valence-corrected chi connectivity index (χ0v) is 16.5. The lowest BCUT2D eigenvalue weighted by atomic mass is 10.2. The van der Waals surface area contributed by atoms with Crippen LogP contribution in [-0.2, 0) is 5.75 Å². The molecule has 1 aromatic carbocycles. The first-order valence-corrected chi connectivity index (χ1v) is 10.7. The Balaban J connectivity index is 1.36. The molecule has 3 heterocycles. The molecule has 0 N–H and O–H groups in total. The van der Waals surface area contributed by atoms with E-state index in [1.807, 2.05) is 30.3 Å². The summed E-state index contributed by atoms with van der Waals surface area (Å²) in [5.74, 6) is 2.52. The summed E-state index contributed by atoms with van der Waals surface area (Å²) in [5, 5.41) is 16.4. The largest absolute Gasteiger partial charge is 0.338 e. The molecule has 0 aliphatic heterocycles. The highest BCUT2D eigenvalue weighted by Crippen LogP contribution is 2.42. The number of nitrogens with zero attached hydrogens (tertiary/aromatic N) is 5. The predicted molar refractivity (Wildman–Crippen MR) is 106 cm³/mol. The lowest BCUT2D eigenvalue weighted by molar-refractivity contribution is 0.391. The highest BCUT2D eigenvalue weighted by molar-refractivity contribution is 7.98. The average molecular weight is 416 g/mol. The zero-order valence-electron chi connectivity index (χ0n) is 14.1. The Morgan fingerprint density at radius 3 is 2.85 bits per heavy atom. The van der Waals surface area contributed by atoms with Crippen molar-refractivity contribution < 1.29 is 4.52 Å². The van der Waals surface area contributed by atoms with Crippen molar-refractivity contribution in [3.63, 3.8) is 0 Å².